The normalized spacial score (nSPS) is 11.8. The second-order valence-corrected chi connectivity index (χ2v) is 6.23. The molecule has 0 spiro atoms. The lowest BCUT2D eigenvalue weighted by Gasteiger charge is -2.12. The maximum absolute atomic E-state index is 12.5. The standard InChI is InChI=1S/C17H20F3N3S.HI/c1-21-16(23-11-9-15-3-2-12-24-15)22-10-8-13-4-6-14(7-5-13)17(18,19)20;/h2-7,12H,8-11H2,1H3,(H2,21,22,23);1H. The largest absolute Gasteiger partial charge is 0.416 e. The van der Waals surface area contributed by atoms with Gasteiger partial charge in [0, 0.05) is 25.0 Å². The third-order valence-corrected chi connectivity index (χ3v) is 4.39. The van der Waals surface area contributed by atoms with Gasteiger partial charge in [-0.3, -0.25) is 4.99 Å². The monoisotopic (exact) mass is 483 g/mol. The lowest BCUT2D eigenvalue weighted by molar-refractivity contribution is -0.137. The lowest BCUT2D eigenvalue weighted by atomic mass is 10.1. The Hall–Kier alpha value is -1.29. The predicted molar refractivity (Wildman–Crippen MR) is 108 cm³/mol. The number of halogens is 4. The maximum Gasteiger partial charge on any atom is 0.416 e. The Bertz CT molecular complexity index is 640. The predicted octanol–water partition coefficient (Wildman–Crippen LogP) is 4.34. The van der Waals surface area contributed by atoms with E-state index < -0.39 is 11.7 Å². The highest BCUT2D eigenvalue weighted by Gasteiger charge is 2.29. The van der Waals surface area contributed by atoms with Crippen molar-refractivity contribution in [1.29, 1.82) is 0 Å². The molecule has 0 fully saturated rings. The lowest BCUT2D eigenvalue weighted by Crippen LogP contribution is -2.39. The van der Waals surface area contributed by atoms with Crippen molar-refractivity contribution < 1.29 is 13.2 Å². The van der Waals surface area contributed by atoms with Crippen LogP contribution in [0.2, 0.25) is 0 Å². The van der Waals surface area contributed by atoms with Gasteiger partial charge in [-0.05, 0) is 42.0 Å². The molecule has 0 radical (unpaired) electrons. The van der Waals surface area contributed by atoms with Crippen molar-refractivity contribution in [2.45, 2.75) is 19.0 Å². The Kier molecular flexibility index (Phi) is 9.26. The molecule has 2 rings (SSSR count). The van der Waals surface area contributed by atoms with Crippen LogP contribution >= 0.6 is 35.3 Å². The summed E-state index contributed by atoms with van der Waals surface area (Å²) in [6.45, 7) is 1.38. The fraction of sp³-hybridized carbons (Fsp3) is 0.353. The fourth-order valence-electron chi connectivity index (χ4n) is 2.17. The first-order chi connectivity index (χ1) is 11.5. The van der Waals surface area contributed by atoms with Crippen LogP contribution in [0.4, 0.5) is 13.2 Å². The molecule has 0 unspecified atom stereocenters. The van der Waals surface area contributed by atoms with E-state index in [1.807, 2.05) is 11.4 Å². The van der Waals surface area contributed by atoms with Crippen molar-refractivity contribution in [2.75, 3.05) is 20.1 Å². The van der Waals surface area contributed by atoms with Gasteiger partial charge in [0.25, 0.3) is 0 Å². The SMILES string of the molecule is CN=C(NCCc1ccc(C(F)(F)F)cc1)NCCc1cccs1.I. The number of rotatable bonds is 6. The van der Waals surface area contributed by atoms with E-state index in [4.69, 9.17) is 0 Å². The third-order valence-electron chi connectivity index (χ3n) is 3.45. The number of benzene rings is 1. The van der Waals surface area contributed by atoms with Crippen molar-refractivity contribution in [2.24, 2.45) is 4.99 Å². The second-order valence-electron chi connectivity index (χ2n) is 5.20. The number of thiophene rings is 1. The number of nitrogens with zero attached hydrogens (tertiary/aromatic N) is 1. The van der Waals surface area contributed by atoms with E-state index in [0.717, 1.165) is 30.7 Å². The minimum Gasteiger partial charge on any atom is -0.356 e. The topological polar surface area (TPSA) is 36.4 Å². The van der Waals surface area contributed by atoms with Gasteiger partial charge in [0.2, 0.25) is 0 Å². The summed E-state index contributed by atoms with van der Waals surface area (Å²) in [6, 6.07) is 9.37. The maximum atomic E-state index is 12.5. The first-order valence-electron chi connectivity index (χ1n) is 7.62. The molecule has 0 saturated heterocycles. The Morgan fingerprint density at radius 1 is 1.04 bits per heavy atom. The van der Waals surface area contributed by atoms with E-state index in [2.05, 4.69) is 21.7 Å². The van der Waals surface area contributed by atoms with Crippen LogP contribution in [-0.2, 0) is 19.0 Å². The van der Waals surface area contributed by atoms with Gasteiger partial charge in [-0.25, -0.2) is 0 Å². The quantitative estimate of drug-likeness (QED) is 0.365. The molecule has 2 aromatic rings. The molecule has 25 heavy (non-hydrogen) atoms. The molecule has 0 atom stereocenters. The molecule has 0 aliphatic carbocycles. The van der Waals surface area contributed by atoms with Gasteiger partial charge in [-0.15, -0.1) is 35.3 Å². The molecule has 1 aromatic carbocycles. The van der Waals surface area contributed by atoms with E-state index in [1.165, 1.54) is 17.0 Å². The zero-order chi connectivity index (χ0) is 17.4. The Balaban J connectivity index is 0.00000312. The van der Waals surface area contributed by atoms with Crippen LogP contribution in [0.25, 0.3) is 0 Å². The van der Waals surface area contributed by atoms with Gasteiger partial charge in [0.05, 0.1) is 5.56 Å². The minimum atomic E-state index is -4.29. The third kappa shape index (κ3) is 7.64. The van der Waals surface area contributed by atoms with E-state index in [1.54, 1.807) is 18.4 Å². The average Bonchev–Trinajstić information content (AvgIpc) is 3.06. The van der Waals surface area contributed by atoms with E-state index >= 15 is 0 Å². The minimum absolute atomic E-state index is 0. The number of hydrogen-bond donors (Lipinski definition) is 2. The molecule has 8 heteroatoms. The van der Waals surface area contributed by atoms with Gasteiger partial charge in [0.1, 0.15) is 0 Å². The smallest absolute Gasteiger partial charge is 0.356 e. The molecular weight excluding hydrogens is 462 g/mol. The van der Waals surface area contributed by atoms with Crippen molar-refractivity contribution in [1.82, 2.24) is 10.6 Å². The van der Waals surface area contributed by atoms with Gasteiger partial charge in [-0.1, -0.05) is 18.2 Å². The van der Waals surface area contributed by atoms with Crippen molar-refractivity contribution in [3.05, 3.63) is 57.8 Å². The average molecular weight is 483 g/mol. The summed E-state index contributed by atoms with van der Waals surface area (Å²) < 4.78 is 37.5. The molecule has 0 amide bonds. The van der Waals surface area contributed by atoms with Gasteiger partial charge in [0.15, 0.2) is 5.96 Å². The van der Waals surface area contributed by atoms with Crippen LogP contribution in [0.5, 0.6) is 0 Å². The molecule has 0 aliphatic heterocycles. The van der Waals surface area contributed by atoms with Crippen LogP contribution in [0.1, 0.15) is 16.0 Å². The van der Waals surface area contributed by atoms with Crippen molar-refractivity contribution in [3.8, 4) is 0 Å². The second kappa shape index (κ2) is 10.6. The van der Waals surface area contributed by atoms with Gasteiger partial charge >= 0.3 is 6.18 Å². The molecule has 2 N–H and O–H groups in total. The van der Waals surface area contributed by atoms with Crippen molar-refractivity contribution >= 4 is 41.3 Å². The van der Waals surface area contributed by atoms with Crippen LogP contribution in [0.3, 0.4) is 0 Å². The number of alkyl halides is 3. The van der Waals surface area contributed by atoms with Crippen LogP contribution in [0, 0.1) is 0 Å². The van der Waals surface area contributed by atoms with Crippen LogP contribution < -0.4 is 10.6 Å². The van der Waals surface area contributed by atoms with Gasteiger partial charge < -0.3 is 10.6 Å². The summed E-state index contributed by atoms with van der Waals surface area (Å²) in [4.78, 5) is 5.44. The first-order valence-corrected chi connectivity index (χ1v) is 8.50. The summed E-state index contributed by atoms with van der Waals surface area (Å²) >= 11 is 1.72. The van der Waals surface area contributed by atoms with Gasteiger partial charge in [-0.2, -0.15) is 13.2 Å². The highest BCUT2D eigenvalue weighted by atomic mass is 127. The summed E-state index contributed by atoms with van der Waals surface area (Å²) in [5.74, 6) is 0.693. The zero-order valence-electron chi connectivity index (χ0n) is 13.8. The number of guanidine groups is 1. The molecular formula is C17H21F3IN3S. The van der Waals surface area contributed by atoms with E-state index in [9.17, 15) is 13.2 Å². The number of aliphatic imine (C=N–C) groups is 1. The van der Waals surface area contributed by atoms with Crippen LogP contribution in [-0.4, -0.2) is 26.1 Å². The molecule has 138 valence electrons. The molecule has 1 heterocycles. The van der Waals surface area contributed by atoms with E-state index in [0.29, 0.717) is 18.9 Å². The van der Waals surface area contributed by atoms with Crippen LogP contribution in [0.15, 0.2) is 46.8 Å². The summed E-state index contributed by atoms with van der Waals surface area (Å²) in [5.41, 5.74) is 0.231. The van der Waals surface area contributed by atoms with Crippen molar-refractivity contribution in [3.63, 3.8) is 0 Å². The highest BCUT2D eigenvalue weighted by Crippen LogP contribution is 2.29. The Labute approximate surface area is 166 Å². The Morgan fingerprint density at radius 3 is 2.20 bits per heavy atom. The number of hydrogen-bond acceptors (Lipinski definition) is 2. The molecule has 0 aliphatic rings. The zero-order valence-corrected chi connectivity index (χ0v) is 16.9. The summed E-state index contributed by atoms with van der Waals surface area (Å²) in [7, 11) is 1.69. The molecule has 1 aromatic heterocycles. The molecule has 0 saturated carbocycles. The number of nitrogens with one attached hydrogen (secondary N) is 2. The summed E-state index contributed by atoms with van der Waals surface area (Å²) in [6.07, 6.45) is -2.73. The molecule has 0 bridgehead atoms. The summed E-state index contributed by atoms with van der Waals surface area (Å²) in [5, 5.41) is 8.43. The fourth-order valence-corrected chi connectivity index (χ4v) is 2.87. The molecule has 3 nitrogen and oxygen atoms in total. The highest BCUT2D eigenvalue weighted by molar-refractivity contribution is 14.0. The first kappa shape index (κ1) is 21.8. The van der Waals surface area contributed by atoms with E-state index in [-0.39, 0.29) is 24.0 Å². The Morgan fingerprint density at radius 2 is 1.68 bits per heavy atom.